The second kappa shape index (κ2) is 5.73. The Balaban J connectivity index is 2.59. The number of benzene rings is 1. The predicted octanol–water partition coefficient (Wildman–Crippen LogP) is 2.90. The number of nitrogens with one attached hydrogen (secondary N) is 1. The van der Waals surface area contributed by atoms with Gasteiger partial charge in [0, 0.05) is 0 Å². The maximum atomic E-state index is 11.8. The predicted molar refractivity (Wildman–Crippen MR) is 70.7 cm³/mol. The Morgan fingerprint density at radius 3 is 2.32 bits per heavy atom. The quantitative estimate of drug-likeness (QED) is 0.793. The lowest BCUT2D eigenvalue weighted by atomic mass is 10.1. The van der Waals surface area contributed by atoms with Crippen LogP contribution in [0, 0.1) is 13.8 Å². The van der Waals surface area contributed by atoms with Crippen LogP contribution < -0.4 is 5.48 Å². The lowest BCUT2D eigenvalue weighted by molar-refractivity contribution is -0.00135. The van der Waals surface area contributed by atoms with E-state index in [1.54, 1.807) is 39.8 Å². The highest BCUT2D eigenvalue weighted by Crippen LogP contribution is 2.11. The van der Waals surface area contributed by atoms with Gasteiger partial charge < -0.3 is 9.57 Å². The Labute approximate surface area is 112 Å². The van der Waals surface area contributed by atoms with Crippen molar-refractivity contribution in [3.8, 4) is 0 Å². The Hall–Kier alpha value is -2.04. The minimum absolute atomic E-state index is 0.404. The summed E-state index contributed by atoms with van der Waals surface area (Å²) in [4.78, 5) is 27.8. The van der Waals surface area contributed by atoms with Crippen LogP contribution in [0.2, 0.25) is 0 Å². The van der Waals surface area contributed by atoms with Gasteiger partial charge in [-0.15, -0.1) is 5.48 Å². The fraction of sp³-hybridized carbons (Fsp3) is 0.429. The van der Waals surface area contributed by atoms with E-state index < -0.39 is 17.7 Å². The molecule has 0 aliphatic carbocycles. The van der Waals surface area contributed by atoms with Gasteiger partial charge in [-0.25, -0.2) is 9.59 Å². The third-order valence-electron chi connectivity index (χ3n) is 2.23. The first-order valence-electron chi connectivity index (χ1n) is 5.96. The monoisotopic (exact) mass is 265 g/mol. The fourth-order valence-corrected chi connectivity index (χ4v) is 1.48. The largest absolute Gasteiger partial charge is 0.442 e. The minimum atomic E-state index is -0.800. The fourth-order valence-electron chi connectivity index (χ4n) is 1.48. The zero-order chi connectivity index (χ0) is 14.6. The summed E-state index contributed by atoms with van der Waals surface area (Å²) in [6, 6.07) is 5.32. The van der Waals surface area contributed by atoms with E-state index in [-0.39, 0.29) is 0 Å². The molecule has 5 nitrogen and oxygen atoms in total. The van der Waals surface area contributed by atoms with Crippen molar-refractivity contribution < 1.29 is 19.2 Å². The first-order chi connectivity index (χ1) is 8.69. The molecule has 1 aromatic rings. The smallest absolute Gasteiger partial charge is 0.441 e. The highest BCUT2D eigenvalue weighted by molar-refractivity contribution is 5.91. The second-order valence-electron chi connectivity index (χ2n) is 5.31. The standard InChI is InChI=1S/C14H19NO4/c1-9-6-7-11(10(2)8-9)12(16)19-15-13(17)18-14(3,4)5/h6-8H,1-5H3,(H,15,17). The minimum Gasteiger partial charge on any atom is -0.442 e. The van der Waals surface area contributed by atoms with Gasteiger partial charge >= 0.3 is 12.1 Å². The van der Waals surface area contributed by atoms with Gasteiger partial charge in [-0.3, -0.25) is 0 Å². The second-order valence-corrected chi connectivity index (χ2v) is 5.31. The van der Waals surface area contributed by atoms with Crippen molar-refractivity contribution in [2.24, 2.45) is 0 Å². The number of rotatable bonds is 1. The Kier molecular flexibility index (Phi) is 4.53. The van der Waals surface area contributed by atoms with Crippen LogP contribution >= 0.6 is 0 Å². The molecule has 0 aliphatic rings. The molecule has 1 N–H and O–H groups in total. The van der Waals surface area contributed by atoms with Crippen molar-refractivity contribution in [2.45, 2.75) is 40.2 Å². The molecule has 0 unspecified atom stereocenters. The molecular weight excluding hydrogens is 246 g/mol. The zero-order valence-electron chi connectivity index (χ0n) is 11.9. The van der Waals surface area contributed by atoms with E-state index in [0.29, 0.717) is 5.56 Å². The number of carbonyl (C=O) groups is 2. The van der Waals surface area contributed by atoms with Gasteiger partial charge in [0.2, 0.25) is 0 Å². The number of aryl methyl sites for hydroxylation is 2. The van der Waals surface area contributed by atoms with Gasteiger partial charge in [-0.2, -0.15) is 0 Å². The van der Waals surface area contributed by atoms with Crippen LogP contribution in [-0.4, -0.2) is 17.7 Å². The maximum Gasteiger partial charge on any atom is 0.441 e. The summed E-state index contributed by atoms with van der Waals surface area (Å²) < 4.78 is 4.95. The number of hydrogen-bond acceptors (Lipinski definition) is 4. The highest BCUT2D eigenvalue weighted by Gasteiger charge is 2.18. The molecule has 1 aromatic carbocycles. The summed E-state index contributed by atoms with van der Waals surface area (Å²) in [5, 5.41) is 0. The van der Waals surface area contributed by atoms with Crippen molar-refractivity contribution in [2.75, 3.05) is 0 Å². The summed E-state index contributed by atoms with van der Waals surface area (Å²) in [5.74, 6) is -0.622. The van der Waals surface area contributed by atoms with Gasteiger partial charge in [-0.1, -0.05) is 17.7 Å². The first-order valence-corrected chi connectivity index (χ1v) is 5.96. The van der Waals surface area contributed by atoms with E-state index in [9.17, 15) is 9.59 Å². The SMILES string of the molecule is Cc1ccc(C(=O)ONC(=O)OC(C)(C)C)c(C)c1. The summed E-state index contributed by atoms with van der Waals surface area (Å²) in [6.07, 6.45) is -0.800. The molecule has 5 heteroatoms. The Morgan fingerprint density at radius 2 is 1.79 bits per heavy atom. The molecule has 104 valence electrons. The average molecular weight is 265 g/mol. The van der Waals surface area contributed by atoms with E-state index in [4.69, 9.17) is 9.57 Å². The summed E-state index contributed by atoms with van der Waals surface area (Å²) in [6.45, 7) is 8.90. The van der Waals surface area contributed by atoms with Gasteiger partial charge in [0.15, 0.2) is 0 Å². The number of hydrogen-bond donors (Lipinski definition) is 1. The molecule has 0 aliphatic heterocycles. The van der Waals surface area contributed by atoms with Crippen molar-refractivity contribution in [3.05, 3.63) is 34.9 Å². The maximum absolute atomic E-state index is 11.8. The van der Waals surface area contributed by atoms with E-state index in [2.05, 4.69) is 0 Å². The van der Waals surface area contributed by atoms with Gasteiger partial charge in [0.1, 0.15) is 5.60 Å². The molecule has 1 rings (SSSR count). The zero-order valence-corrected chi connectivity index (χ0v) is 11.9. The molecule has 0 saturated heterocycles. The molecule has 19 heavy (non-hydrogen) atoms. The number of hydroxylamine groups is 1. The van der Waals surface area contributed by atoms with Gasteiger partial charge in [-0.05, 0) is 46.2 Å². The van der Waals surface area contributed by atoms with Crippen LogP contribution in [0.5, 0.6) is 0 Å². The molecule has 0 spiro atoms. The molecule has 1 amide bonds. The van der Waals surface area contributed by atoms with Crippen molar-refractivity contribution in [1.82, 2.24) is 5.48 Å². The van der Waals surface area contributed by atoms with Crippen LogP contribution in [0.15, 0.2) is 18.2 Å². The van der Waals surface area contributed by atoms with Crippen LogP contribution in [-0.2, 0) is 9.57 Å². The lowest BCUT2D eigenvalue weighted by Gasteiger charge is -2.19. The highest BCUT2D eigenvalue weighted by atomic mass is 16.7. The normalized spacial score (nSPS) is 10.8. The summed E-state index contributed by atoms with van der Waals surface area (Å²) >= 11 is 0. The molecule has 0 bridgehead atoms. The van der Waals surface area contributed by atoms with E-state index >= 15 is 0 Å². The number of ether oxygens (including phenoxy) is 1. The summed E-state index contributed by atoms with van der Waals surface area (Å²) in [5.41, 5.74) is 3.57. The Morgan fingerprint density at radius 1 is 1.16 bits per heavy atom. The van der Waals surface area contributed by atoms with E-state index in [1.807, 2.05) is 18.5 Å². The third-order valence-corrected chi connectivity index (χ3v) is 2.23. The third kappa shape index (κ3) is 4.99. The first kappa shape index (κ1) is 15.0. The van der Waals surface area contributed by atoms with Crippen molar-refractivity contribution in [3.63, 3.8) is 0 Å². The van der Waals surface area contributed by atoms with Crippen molar-refractivity contribution in [1.29, 1.82) is 0 Å². The van der Waals surface area contributed by atoms with E-state index in [0.717, 1.165) is 11.1 Å². The molecule has 0 heterocycles. The molecule has 0 aromatic heterocycles. The summed E-state index contributed by atoms with van der Waals surface area (Å²) in [7, 11) is 0. The topological polar surface area (TPSA) is 64.6 Å². The van der Waals surface area contributed by atoms with Crippen molar-refractivity contribution >= 4 is 12.1 Å². The average Bonchev–Trinajstić information content (AvgIpc) is 2.23. The molecule has 0 radical (unpaired) electrons. The van der Waals surface area contributed by atoms with Crippen LogP contribution in [0.3, 0.4) is 0 Å². The molecule has 0 saturated carbocycles. The van der Waals surface area contributed by atoms with Gasteiger partial charge in [0.25, 0.3) is 0 Å². The van der Waals surface area contributed by atoms with Gasteiger partial charge in [0.05, 0.1) is 5.56 Å². The Bertz CT molecular complexity index is 489. The molecule has 0 fully saturated rings. The molecule has 0 atom stereocenters. The number of amides is 1. The molecular formula is C14H19NO4. The van der Waals surface area contributed by atoms with Crippen LogP contribution in [0.4, 0.5) is 4.79 Å². The van der Waals surface area contributed by atoms with E-state index in [1.165, 1.54) is 0 Å². The number of carbonyl (C=O) groups excluding carboxylic acids is 2. The lowest BCUT2D eigenvalue weighted by Crippen LogP contribution is -2.34. The van der Waals surface area contributed by atoms with Crippen LogP contribution in [0.25, 0.3) is 0 Å². The van der Waals surface area contributed by atoms with Crippen LogP contribution in [0.1, 0.15) is 42.3 Å².